The van der Waals surface area contributed by atoms with Crippen LogP contribution in [0.3, 0.4) is 0 Å². The summed E-state index contributed by atoms with van der Waals surface area (Å²) in [4.78, 5) is 6.31. The number of nitrogens with one attached hydrogen (secondary N) is 1. The minimum absolute atomic E-state index is 0.628. The van der Waals surface area contributed by atoms with Crippen molar-refractivity contribution < 1.29 is 0 Å². The molecule has 0 unspecified atom stereocenters. The molecule has 27 heavy (non-hydrogen) atoms. The predicted octanol–water partition coefficient (Wildman–Crippen LogP) is 5.08. The molecule has 0 spiro atoms. The summed E-state index contributed by atoms with van der Waals surface area (Å²) in [5, 5.41) is 11.7. The summed E-state index contributed by atoms with van der Waals surface area (Å²) >= 11 is 0. The quantitative estimate of drug-likeness (QED) is 0.365. The van der Waals surface area contributed by atoms with E-state index in [0.717, 1.165) is 26.1 Å². The van der Waals surface area contributed by atoms with Crippen LogP contribution in [0, 0.1) is 11.3 Å². The Morgan fingerprint density at radius 1 is 1.00 bits per heavy atom. The first kappa shape index (κ1) is 23.1. The number of unbranched alkanes of at least 4 members (excludes halogenated alkanes) is 10. The highest BCUT2D eigenvalue weighted by molar-refractivity contribution is 4.79. The molecule has 1 rings (SSSR count). The van der Waals surface area contributed by atoms with Crippen molar-refractivity contribution in [3.63, 3.8) is 0 Å². The molecule has 152 valence electrons. The number of hydrogen-bond acceptors (Lipinski definition) is 4. The minimum Gasteiger partial charge on any atom is -0.390 e. The summed E-state index contributed by atoms with van der Waals surface area (Å²) in [6.07, 6.45) is 24.9. The Morgan fingerprint density at radius 3 is 2.30 bits per heavy atom. The molecule has 0 aliphatic carbocycles. The molecule has 5 heteroatoms. The van der Waals surface area contributed by atoms with Gasteiger partial charge in [0.2, 0.25) is 0 Å². The Bertz CT molecular complexity index is 489. The van der Waals surface area contributed by atoms with Gasteiger partial charge in [-0.2, -0.15) is 5.26 Å². The van der Waals surface area contributed by atoms with Gasteiger partial charge < -0.3 is 14.8 Å². The lowest BCUT2D eigenvalue weighted by molar-refractivity contribution is 0.425. The second-order valence-electron chi connectivity index (χ2n) is 7.35. The van der Waals surface area contributed by atoms with Gasteiger partial charge in [0, 0.05) is 57.9 Å². The number of nitriles is 1. The number of nitrogens with zero attached hydrogens (tertiary/aromatic N) is 4. The first-order valence-corrected chi connectivity index (χ1v) is 10.8. The summed E-state index contributed by atoms with van der Waals surface area (Å²) in [5.41, 5.74) is 0. The lowest BCUT2D eigenvalue weighted by Gasteiger charge is -2.13. The van der Waals surface area contributed by atoms with Crippen LogP contribution in [0.2, 0.25) is 0 Å². The van der Waals surface area contributed by atoms with Crippen LogP contribution in [0.1, 0.15) is 77.0 Å². The second-order valence-corrected chi connectivity index (χ2v) is 7.35. The third kappa shape index (κ3) is 14.9. The summed E-state index contributed by atoms with van der Waals surface area (Å²) in [6.45, 7) is 3.11. The summed E-state index contributed by atoms with van der Waals surface area (Å²) in [6, 6.07) is 2.16. The smallest absolute Gasteiger partial charge is 0.0945 e. The van der Waals surface area contributed by atoms with Crippen molar-refractivity contribution in [2.75, 3.05) is 20.1 Å². The molecule has 1 heterocycles. The average Bonchev–Trinajstić information content (AvgIpc) is 3.19. The van der Waals surface area contributed by atoms with Crippen LogP contribution in [-0.4, -0.2) is 34.6 Å². The standard InChI is InChI=1S/C22H39N5/c1-26(20-16-24-15-11-10-14-23)18-12-8-6-4-2-3-5-7-9-13-19-27-21-17-25-22-27/h16-17,20-22,24H,2-13,15,18-19H2,1H3/b20-16-. The van der Waals surface area contributed by atoms with Crippen LogP contribution in [0.5, 0.6) is 0 Å². The van der Waals surface area contributed by atoms with E-state index in [2.05, 4.69) is 39.1 Å². The molecule has 0 aliphatic rings. The van der Waals surface area contributed by atoms with Gasteiger partial charge in [-0.25, -0.2) is 4.98 Å². The average molecular weight is 374 g/mol. The van der Waals surface area contributed by atoms with Crippen LogP contribution in [-0.2, 0) is 6.54 Å². The van der Waals surface area contributed by atoms with Gasteiger partial charge in [-0.05, 0) is 19.3 Å². The molecule has 5 nitrogen and oxygen atoms in total. The maximum Gasteiger partial charge on any atom is 0.0945 e. The van der Waals surface area contributed by atoms with Gasteiger partial charge in [0.25, 0.3) is 0 Å². The van der Waals surface area contributed by atoms with Crippen molar-refractivity contribution in [3.05, 3.63) is 31.1 Å². The molecule has 1 N–H and O–H groups in total. The monoisotopic (exact) mass is 373 g/mol. The highest BCUT2D eigenvalue weighted by Gasteiger charge is 1.95. The molecule has 0 saturated carbocycles. The van der Waals surface area contributed by atoms with Gasteiger partial charge >= 0.3 is 0 Å². The van der Waals surface area contributed by atoms with E-state index in [1.807, 2.05) is 24.9 Å². The van der Waals surface area contributed by atoms with E-state index in [-0.39, 0.29) is 0 Å². The SMILES string of the molecule is CN(/C=C\NCCCC#N)CCCCCCCCCCCCn1ccnc1. The highest BCUT2D eigenvalue weighted by atomic mass is 15.1. The van der Waals surface area contributed by atoms with Crippen LogP contribution < -0.4 is 5.32 Å². The normalized spacial score (nSPS) is 11.0. The fourth-order valence-electron chi connectivity index (χ4n) is 3.10. The first-order chi connectivity index (χ1) is 13.3. The zero-order valence-electron chi connectivity index (χ0n) is 17.3. The van der Waals surface area contributed by atoms with Crippen LogP contribution >= 0.6 is 0 Å². The Morgan fingerprint density at radius 2 is 1.67 bits per heavy atom. The molecule has 0 aliphatic heterocycles. The van der Waals surface area contributed by atoms with Crippen molar-refractivity contribution in [3.8, 4) is 6.07 Å². The van der Waals surface area contributed by atoms with Crippen molar-refractivity contribution in [2.45, 2.75) is 83.6 Å². The Labute approximate surface area is 166 Å². The Balaban J connectivity index is 1.76. The topological polar surface area (TPSA) is 56.9 Å². The molecule has 1 aromatic rings. The molecule has 0 aromatic carbocycles. The van der Waals surface area contributed by atoms with Crippen molar-refractivity contribution >= 4 is 0 Å². The Kier molecular flexibility index (Phi) is 14.9. The van der Waals surface area contributed by atoms with E-state index >= 15 is 0 Å². The van der Waals surface area contributed by atoms with Gasteiger partial charge in [0.1, 0.15) is 0 Å². The minimum atomic E-state index is 0.628. The number of rotatable bonds is 18. The van der Waals surface area contributed by atoms with E-state index in [1.54, 1.807) is 0 Å². The lowest BCUT2D eigenvalue weighted by atomic mass is 10.1. The van der Waals surface area contributed by atoms with Crippen LogP contribution in [0.25, 0.3) is 0 Å². The highest BCUT2D eigenvalue weighted by Crippen LogP contribution is 2.11. The van der Waals surface area contributed by atoms with Gasteiger partial charge in [0.15, 0.2) is 0 Å². The molecule has 0 atom stereocenters. The maximum atomic E-state index is 8.47. The molecule has 1 aromatic heterocycles. The lowest BCUT2D eigenvalue weighted by Crippen LogP contribution is -2.15. The van der Waals surface area contributed by atoms with E-state index in [4.69, 9.17) is 5.26 Å². The summed E-state index contributed by atoms with van der Waals surface area (Å²) < 4.78 is 2.17. The molecule has 0 bridgehead atoms. The largest absolute Gasteiger partial charge is 0.390 e. The number of aromatic nitrogens is 2. The third-order valence-corrected chi connectivity index (χ3v) is 4.79. The summed E-state index contributed by atoms with van der Waals surface area (Å²) in [5.74, 6) is 0. The molecule has 0 saturated heterocycles. The Hall–Kier alpha value is -1.96. The van der Waals surface area contributed by atoms with E-state index in [1.165, 1.54) is 64.2 Å². The van der Waals surface area contributed by atoms with Crippen LogP contribution in [0.4, 0.5) is 0 Å². The third-order valence-electron chi connectivity index (χ3n) is 4.79. The molecular formula is C22H39N5. The molecule has 0 amide bonds. The van der Waals surface area contributed by atoms with Gasteiger partial charge in [-0.1, -0.05) is 51.4 Å². The molecular weight excluding hydrogens is 334 g/mol. The fourth-order valence-corrected chi connectivity index (χ4v) is 3.10. The number of aryl methyl sites for hydroxylation is 1. The second kappa shape index (κ2) is 17.5. The zero-order valence-corrected chi connectivity index (χ0v) is 17.3. The van der Waals surface area contributed by atoms with Crippen LogP contribution in [0.15, 0.2) is 31.1 Å². The van der Waals surface area contributed by atoms with Gasteiger partial charge in [-0.15, -0.1) is 0 Å². The fraction of sp³-hybridized carbons (Fsp3) is 0.727. The van der Waals surface area contributed by atoms with Gasteiger partial charge in [-0.3, -0.25) is 0 Å². The molecule has 0 fully saturated rings. The number of hydrogen-bond donors (Lipinski definition) is 1. The zero-order chi connectivity index (χ0) is 19.4. The van der Waals surface area contributed by atoms with Crippen molar-refractivity contribution in [2.24, 2.45) is 0 Å². The number of imidazole rings is 1. The summed E-state index contributed by atoms with van der Waals surface area (Å²) in [7, 11) is 2.13. The van der Waals surface area contributed by atoms with Gasteiger partial charge in [0.05, 0.1) is 12.4 Å². The van der Waals surface area contributed by atoms with E-state index in [9.17, 15) is 0 Å². The predicted molar refractivity (Wildman–Crippen MR) is 113 cm³/mol. The van der Waals surface area contributed by atoms with Crippen molar-refractivity contribution in [1.82, 2.24) is 19.8 Å². The molecule has 0 radical (unpaired) electrons. The van der Waals surface area contributed by atoms with E-state index in [0.29, 0.717) is 6.42 Å². The maximum absolute atomic E-state index is 8.47. The van der Waals surface area contributed by atoms with Crippen molar-refractivity contribution in [1.29, 1.82) is 5.26 Å². The van der Waals surface area contributed by atoms with E-state index < -0.39 is 0 Å². The first-order valence-electron chi connectivity index (χ1n) is 10.8.